The Morgan fingerprint density at radius 1 is 1.23 bits per heavy atom. The number of nitrogens with zero attached hydrogens (tertiary/aromatic N) is 1. The summed E-state index contributed by atoms with van der Waals surface area (Å²) in [4.78, 5) is 3.62. The Kier molecular flexibility index (Phi) is 11.0. The summed E-state index contributed by atoms with van der Waals surface area (Å²) < 4.78 is 45.3. The molecule has 2 saturated heterocycles. The molecular weight excluding hydrogens is 443 g/mol. The molecule has 16 heteroatoms. The minimum atomic E-state index is -4.88. The van der Waals surface area contributed by atoms with Crippen molar-refractivity contribution < 1.29 is 86.8 Å². The third kappa shape index (κ3) is 7.28. The molecule has 0 bridgehead atoms. The molecule has 30 heavy (non-hydrogen) atoms. The Morgan fingerprint density at radius 2 is 1.87 bits per heavy atom. The molecule has 0 saturated carbocycles. The van der Waals surface area contributed by atoms with E-state index in [0.717, 1.165) is 6.92 Å². The van der Waals surface area contributed by atoms with E-state index in [0.29, 0.717) is 0 Å². The maximum absolute atomic E-state index is 11.4. The minimum Gasteiger partial charge on any atom is -0.862 e. The third-order valence-electron chi connectivity index (χ3n) is 4.59. The van der Waals surface area contributed by atoms with Crippen molar-refractivity contribution in [3.05, 3.63) is 0 Å². The second-order valence-corrected chi connectivity index (χ2v) is 7.82. The average molecular weight is 468 g/mol. The quantitative estimate of drug-likeness (QED) is 0.0797. The first-order valence-electron chi connectivity index (χ1n) is 8.65. The number of rotatable bonds is 7. The van der Waals surface area contributed by atoms with Gasteiger partial charge in [0.2, 0.25) is 0 Å². The van der Waals surface area contributed by atoms with Crippen molar-refractivity contribution in [2.75, 3.05) is 19.8 Å². The van der Waals surface area contributed by atoms with Crippen LogP contribution in [0.4, 0.5) is 0 Å². The van der Waals surface area contributed by atoms with E-state index in [-0.39, 0.29) is 36.1 Å². The van der Waals surface area contributed by atoms with Crippen LogP contribution < -0.4 is 40.0 Å². The molecule has 0 aromatic rings. The van der Waals surface area contributed by atoms with Gasteiger partial charge in [0.25, 0.3) is 0 Å². The van der Waals surface area contributed by atoms with E-state index in [9.17, 15) is 39.1 Å². The number of ether oxygens (including phenoxy) is 2. The van der Waals surface area contributed by atoms with Crippen molar-refractivity contribution >= 4 is 16.3 Å². The third-order valence-corrected chi connectivity index (χ3v) is 5.02. The SMILES string of the molecule is CC([O-])=N[C@H]1[C@@H](O[C@H]2[C@H](O)[C@@H](O)CN[C@@H]2CO)O[C@H](COS(=O)(=O)O)[C@@H](O)[C@@H]1O.[Na+]. The van der Waals surface area contributed by atoms with Gasteiger partial charge in [-0.25, -0.2) is 4.18 Å². The van der Waals surface area contributed by atoms with Gasteiger partial charge in [0.15, 0.2) is 6.29 Å². The zero-order valence-electron chi connectivity index (χ0n) is 16.3. The summed E-state index contributed by atoms with van der Waals surface area (Å²) >= 11 is 0. The van der Waals surface area contributed by atoms with E-state index >= 15 is 0 Å². The van der Waals surface area contributed by atoms with Crippen LogP contribution in [-0.4, -0.2) is 119 Å². The Bertz CT molecular complexity index is 676. The smallest absolute Gasteiger partial charge is 0.862 e. The van der Waals surface area contributed by atoms with E-state index in [1.165, 1.54) is 0 Å². The Hall–Kier alpha value is 0.0200. The van der Waals surface area contributed by atoms with E-state index in [1.54, 1.807) is 0 Å². The van der Waals surface area contributed by atoms with Gasteiger partial charge in [0.05, 0.1) is 25.4 Å². The molecule has 14 nitrogen and oxygen atoms in total. The van der Waals surface area contributed by atoms with Crippen LogP contribution >= 0.6 is 0 Å². The van der Waals surface area contributed by atoms with Crippen molar-refractivity contribution in [2.24, 2.45) is 4.99 Å². The van der Waals surface area contributed by atoms with Crippen molar-refractivity contribution in [1.29, 1.82) is 0 Å². The predicted octanol–water partition coefficient (Wildman–Crippen LogP) is -8.53. The first-order valence-corrected chi connectivity index (χ1v) is 10.0. The zero-order chi connectivity index (χ0) is 21.9. The van der Waals surface area contributed by atoms with Gasteiger partial charge in [-0.3, -0.25) is 9.55 Å². The normalized spacial score (nSPS) is 40.6. The zero-order valence-corrected chi connectivity index (χ0v) is 19.1. The standard InChI is InChI=1S/C14H26N2O12S.Na/c1-5(18)16-9-12(22)11(21)8(4-26-29(23,24)25)27-14(9)28-13-6(3-17)15-2-7(19)10(13)20;/h6-15,17,19-22H,2-4H2,1H3,(H,16,18)(H,23,24,25);/q;+1/p-1/t6-,7+,8-,9-,10-,11-,12-,13-,14-;/m1./s1. The van der Waals surface area contributed by atoms with E-state index in [4.69, 9.17) is 14.0 Å². The van der Waals surface area contributed by atoms with Gasteiger partial charge >= 0.3 is 40.0 Å². The fraction of sp³-hybridized carbons (Fsp3) is 0.929. The number of nitrogens with one attached hydrogen (secondary N) is 1. The molecule has 7 N–H and O–H groups in total. The van der Waals surface area contributed by atoms with Crippen molar-refractivity contribution in [3.8, 4) is 0 Å². The summed E-state index contributed by atoms with van der Waals surface area (Å²) in [6, 6.07) is -2.33. The van der Waals surface area contributed by atoms with Crippen LogP contribution in [0.3, 0.4) is 0 Å². The summed E-state index contributed by atoms with van der Waals surface area (Å²) in [5, 5.41) is 64.1. The van der Waals surface area contributed by atoms with Crippen LogP contribution in [-0.2, 0) is 24.1 Å². The molecule has 0 radical (unpaired) electrons. The molecule has 0 aliphatic carbocycles. The Balaban J connectivity index is 0.00000450. The Labute approximate surface area is 194 Å². The van der Waals surface area contributed by atoms with Crippen LogP contribution in [0.15, 0.2) is 4.99 Å². The molecule has 2 heterocycles. The molecule has 9 atom stereocenters. The maximum atomic E-state index is 11.4. The monoisotopic (exact) mass is 468 g/mol. The van der Waals surface area contributed by atoms with Gasteiger partial charge in [-0.1, -0.05) is 0 Å². The van der Waals surface area contributed by atoms with Crippen LogP contribution in [0.5, 0.6) is 0 Å². The van der Waals surface area contributed by atoms with Gasteiger partial charge in [0.1, 0.15) is 36.6 Å². The number of piperidine rings is 1. The van der Waals surface area contributed by atoms with Gasteiger partial charge in [0, 0.05) is 6.54 Å². The molecule has 0 aromatic carbocycles. The summed E-state index contributed by atoms with van der Waals surface area (Å²) in [5.41, 5.74) is 0. The van der Waals surface area contributed by atoms with Gasteiger partial charge in [-0.15, -0.1) is 0 Å². The first-order chi connectivity index (χ1) is 13.4. The number of aliphatic hydroxyl groups excluding tert-OH is 5. The molecule has 170 valence electrons. The van der Waals surface area contributed by atoms with Crippen LogP contribution in [0.25, 0.3) is 0 Å². The van der Waals surface area contributed by atoms with E-state index < -0.39 is 84.5 Å². The largest absolute Gasteiger partial charge is 1.00 e. The molecule has 2 aliphatic rings. The summed E-state index contributed by atoms with van der Waals surface area (Å²) in [6.45, 7) is -0.371. The number of hydrogen-bond acceptors (Lipinski definition) is 13. The fourth-order valence-electron chi connectivity index (χ4n) is 3.13. The molecular formula is C14H25N2NaO12S. The van der Waals surface area contributed by atoms with Crippen LogP contribution in [0.2, 0.25) is 0 Å². The molecule has 0 spiro atoms. The van der Waals surface area contributed by atoms with Crippen molar-refractivity contribution in [2.45, 2.75) is 61.9 Å². The van der Waals surface area contributed by atoms with E-state index in [2.05, 4.69) is 14.5 Å². The summed E-state index contributed by atoms with van der Waals surface area (Å²) in [6.07, 6.45) is -10.7. The molecule has 2 aliphatic heterocycles. The summed E-state index contributed by atoms with van der Waals surface area (Å²) in [7, 11) is -4.88. The molecule has 0 amide bonds. The van der Waals surface area contributed by atoms with Crippen LogP contribution in [0.1, 0.15) is 6.92 Å². The second kappa shape index (κ2) is 11.8. The molecule has 2 rings (SSSR count). The first kappa shape index (κ1) is 28.1. The number of β-amino-alcohol motifs (C(OH)–C–C–N with tert-alkyl or cyclic N) is 1. The fourth-order valence-corrected chi connectivity index (χ4v) is 3.44. The molecule has 0 aromatic heterocycles. The van der Waals surface area contributed by atoms with Gasteiger partial charge < -0.3 is 45.4 Å². The maximum Gasteiger partial charge on any atom is 1.00 e. The van der Waals surface area contributed by atoms with E-state index in [1.807, 2.05) is 0 Å². The average Bonchev–Trinajstić information content (AvgIpc) is 2.63. The van der Waals surface area contributed by atoms with Crippen molar-refractivity contribution in [3.63, 3.8) is 0 Å². The molecule has 2 fully saturated rings. The number of hydrogen-bond donors (Lipinski definition) is 7. The van der Waals surface area contributed by atoms with Crippen molar-refractivity contribution in [1.82, 2.24) is 5.32 Å². The number of aliphatic imine (C=N–C) groups is 1. The predicted molar refractivity (Wildman–Crippen MR) is 90.8 cm³/mol. The Morgan fingerprint density at radius 3 is 2.40 bits per heavy atom. The van der Waals surface area contributed by atoms with Gasteiger partial charge in [-0.2, -0.15) is 8.42 Å². The molecule has 0 unspecified atom stereocenters. The number of aliphatic hydroxyl groups is 5. The second-order valence-electron chi connectivity index (χ2n) is 6.73. The van der Waals surface area contributed by atoms with Gasteiger partial charge in [-0.05, 0) is 12.8 Å². The topological polar surface area (TPSA) is 231 Å². The van der Waals surface area contributed by atoms with Crippen LogP contribution in [0, 0.1) is 0 Å². The minimum absolute atomic E-state index is 0. The summed E-state index contributed by atoms with van der Waals surface area (Å²) in [5.74, 6) is -0.743.